The summed E-state index contributed by atoms with van der Waals surface area (Å²) in [7, 11) is 0. The number of nitrogens with zero attached hydrogens (tertiary/aromatic N) is 1. The van der Waals surface area contributed by atoms with E-state index in [0.29, 0.717) is 224 Å². The molecular formula is C55H95N3O19. The summed E-state index contributed by atoms with van der Waals surface area (Å²) in [6, 6.07) is 8.02. The van der Waals surface area contributed by atoms with Crippen molar-refractivity contribution >= 4 is 24.0 Å². The molecule has 0 unspecified atom stereocenters. The highest BCUT2D eigenvalue weighted by Gasteiger charge is 2.15. The summed E-state index contributed by atoms with van der Waals surface area (Å²) in [5, 5.41) is 5.44. The van der Waals surface area contributed by atoms with E-state index in [1.807, 2.05) is 64.1 Å². The Balaban J connectivity index is 1.69. The summed E-state index contributed by atoms with van der Waals surface area (Å²) in [6.07, 6.45) is 9.88. The van der Waals surface area contributed by atoms with Crippen molar-refractivity contribution in [1.29, 1.82) is 0 Å². The maximum Gasteiger partial charge on any atom is 0.407 e. The predicted octanol–water partition coefficient (Wildman–Crippen LogP) is 3.53. The molecule has 0 aliphatic rings. The molecule has 0 aromatic heterocycles. The van der Waals surface area contributed by atoms with Crippen LogP contribution in [-0.2, 0) is 85.4 Å². The van der Waals surface area contributed by atoms with Gasteiger partial charge in [-0.3, -0.25) is 9.59 Å². The molecule has 3 amide bonds. The maximum absolute atomic E-state index is 12.7. The fraction of sp³-hybridized carbons (Fsp3) is 0.764. The third-order valence-electron chi connectivity index (χ3n) is 9.93. The number of carbonyl (C=O) groups is 3. The molecule has 0 heterocycles. The Bertz CT molecular complexity index is 1600. The van der Waals surface area contributed by atoms with E-state index < -0.39 is 11.7 Å². The fourth-order valence-corrected chi connectivity index (χ4v) is 6.08. The van der Waals surface area contributed by atoms with Crippen LogP contribution in [0.25, 0.3) is 6.08 Å². The lowest BCUT2D eigenvalue weighted by Gasteiger charge is -2.19. The number of nitrogens with one attached hydrogen (secondary N) is 2. The van der Waals surface area contributed by atoms with Gasteiger partial charge >= 0.3 is 6.09 Å². The molecular weight excluding hydrogens is 1010 g/mol. The number of hydrogen-bond acceptors (Lipinski definition) is 19. The van der Waals surface area contributed by atoms with Gasteiger partial charge in [0, 0.05) is 32.5 Å². The lowest BCUT2D eigenvalue weighted by atomic mass is 10.1. The number of benzene rings is 1. The first-order valence-corrected chi connectivity index (χ1v) is 27.0. The minimum absolute atomic E-state index is 0.0751. The number of hydrogen-bond donors (Lipinski definition) is 2. The molecule has 1 aromatic carbocycles. The molecule has 22 nitrogen and oxygen atoms in total. The van der Waals surface area contributed by atoms with Gasteiger partial charge in [0.05, 0.1) is 205 Å². The van der Waals surface area contributed by atoms with Gasteiger partial charge in [-0.25, -0.2) is 4.79 Å². The topological polar surface area (TPSA) is 226 Å². The highest BCUT2D eigenvalue weighted by Crippen LogP contribution is 2.10. The largest absolute Gasteiger partial charge is 0.444 e. The minimum Gasteiger partial charge on any atom is -0.444 e. The Hall–Kier alpha value is -3.87. The second-order valence-electron chi connectivity index (χ2n) is 17.6. The number of alkyl carbamates (subject to hydrolysis) is 1. The second-order valence-corrected chi connectivity index (χ2v) is 17.6. The number of carbonyl (C=O) groups excluding carboxylic acids is 3. The summed E-state index contributed by atoms with van der Waals surface area (Å²) in [6.45, 7) is 22.5. The molecule has 0 fully saturated rings. The van der Waals surface area contributed by atoms with Crippen molar-refractivity contribution < 1.29 is 90.2 Å². The molecule has 2 N–H and O–H groups in total. The fourth-order valence-electron chi connectivity index (χ4n) is 6.08. The van der Waals surface area contributed by atoms with Gasteiger partial charge in [0.1, 0.15) is 5.60 Å². The number of aryl methyl sites for hydroxylation is 1. The summed E-state index contributed by atoms with van der Waals surface area (Å²) < 4.78 is 87.6. The molecule has 0 saturated carbocycles. The number of rotatable bonds is 56. The number of terminal acetylenes is 1. The van der Waals surface area contributed by atoms with Gasteiger partial charge in [-0.1, -0.05) is 42.3 Å². The Morgan fingerprint density at radius 3 is 1.14 bits per heavy atom. The first-order chi connectivity index (χ1) is 37.6. The SMILES string of the molecule is C#CCN(C/C=C/c1ccccc1C)C(=O)CCCC(=O)NCCOCCOCCOCCOCCOCCOCCOCCOCCOCCOCCOCCOCCOCCOCCOCCNC(=O)OC(C)(C)C. The maximum atomic E-state index is 12.7. The van der Waals surface area contributed by atoms with Crippen LogP contribution >= 0.6 is 0 Å². The smallest absolute Gasteiger partial charge is 0.407 e. The van der Waals surface area contributed by atoms with Crippen LogP contribution in [0.2, 0.25) is 0 Å². The number of ether oxygens (including phenoxy) is 16. The molecule has 0 spiro atoms. The molecule has 22 heteroatoms. The van der Waals surface area contributed by atoms with Crippen LogP contribution in [0, 0.1) is 19.3 Å². The molecule has 0 aliphatic heterocycles. The van der Waals surface area contributed by atoms with Gasteiger partial charge in [0.15, 0.2) is 0 Å². The molecule has 0 bridgehead atoms. The van der Waals surface area contributed by atoms with Crippen molar-refractivity contribution in [1.82, 2.24) is 15.5 Å². The van der Waals surface area contributed by atoms with Crippen LogP contribution in [0.1, 0.15) is 51.2 Å². The van der Waals surface area contributed by atoms with E-state index in [1.54, 1.807) is 4.90 Å². The van der Waals surface area contributed by atoms with E-state index in [0.717, 1.165) is 11.1 Å². The first kappa shape index (κ1) is 71.1. The van der Waals surface area contributed by atoms with Gasteiger partial charge in [0.2, 0.25) is 11.8 Å². The van der Waals surface area contributed by atoms with Crippen molar-refractivity contribution in [3.8, 4) is 12.3 Å². The van der Waals surface area contributed by atoms with Crippen LogP contribution in [-0.4, -0.2) is 253 Å². The van der Waals surface area contributed by atoms with Crippen molar-refractivity contribution in [3.05, 3.63) is 41.5 Å². The van der Waals surface area contributed by atoms with E-state index >= 15 is 0 Å². The molecule has 0 radical (unpaired) electrons. The van der Waals surface area contributed by atoms with Crippen molar-refractivity contribution in [2.45, 2.75) is 52.6 Å². The van der Waals surface area contributed by atoms with Crippen LogP contribution in [0.5, 0.6) is 0 Å². The lowest BCUT2D eigenvalue weighted by molar-refractivity contribution is -0.130. The van der Waals surface area contributed by atoms with Crippen molar-refractivity contribution in [3.63, 3.8) is 0 Å². The van der Waals surface area contributed by atoms with E-state index in [2.05, 4.69) is 16.6 Å². The highest BCUT2D eigenvalue weighted by molar-refractivity contribution is 5.79. The molecule has 77 heavy (non-hydrogen) atoms. The van der Waals surface area contributed by atoms with E-state index in [-0.39, 0.29) is 31.2 Å². The first-order valence-electron chi connectivity index (χ1n) is 27.0. The monoisotopic (exact) mass is 1100 g/mol. The average molecular weight is 1100 g/mol. The zero-order valence-corrected chi connectivity index (χ0v) is 46.9. The highest BCUT2D eigenvalue weighted by atomic mass is 16.6. The van der Waals surface area contributed by atoms with Gasteiger partial charge in [-0.05, 0) is 45.2 Å². The van der Waals surface area contributed by atoms with Crippen LogP contribution < -0.4 is 10.6 Å². The minimum atomic E-state index is -0.522. The van der Waals surface area contributed by atoms with Gasteiger partial charge < -0.3 is 91.3 Å². The van der Waals surface area contributed by atoms with Gasteiger partial charge in [-0.15, -0.1) is 6.42 Å². The van der Waals surface area contributed by atoms with Gasteiger partial charge in [0.25, 0.3) is 0 Å². The quantitative estimate of drug-likeness (QED) is 0.0703. The summed E-state index contributed by atoms with van der Waals surface area (Å²) in [4.78, 5) is 38.0. The Morgan fingerprint density at radius 1 is 0.494 bits per heavy atom. The molecule has 1 rings (SSSR count). The summed E-state index contributed by atoms with van der Waals surface area (Å²) in [5.74, 6) is 2.34. The van der Waals surface area contributed by atoms with Crippen molar-refractivity contribution in [2.24, 2.45) is 0 Å². The molecule has 1 aromatic rings. The Morgan fingerprint density at radius 2 is 0.818 bits per heavy atom. The van der Waals surface area contributed by atoms with Crippen molar-refractivity contribution in [2.75, 3.05) is 224 Å². The van der Waals surface area contributed by atoms with E-state index in [9.17, 15) is 14.4 Å². The summed E-state index contributed by atoms with van der Waals surface area (Å²) in [5.41, 5.74) is 1.73. The zero-order chi connectivity index (χ0) is 55.8. The van der Waals surface area contributed by atoms with E-state index in [4.69, 9.17) is 82.2 Å². The summed E-state index contributed by atoms with van der Waals surface area (Å²) >= 11 is 0. The second kappa shape index (κ2) is 54.1. The Labute approximate surface area is 459 Å². The zero-order valence-electron chi connectivity index (χ0n) is 46.9. The molecule has 0 aliphatic carbocycles. The molecule has 0 saturated heterocycles. The van der Waals surface area contributed by atoms with Crippen LogP contribution in [0.3, 0.4) is 0 Å². The van der Waals surface area contributed by atoms with Crippen LogP contribution in [0.4, 0.5) is 4.79 Å². The number of amides is 3. The third-order valence-corrected chi connectivity index (χ3v) is 9.93. The molecule has 0 atom stereocenters. The van der Waals surface area contributed by atoms with Crippen LogP contribution in [0.15, 0.2) is 30.3 Å². The standard InChI is InChI=1S/C55H95N3O19/c1-6-18-58(19-10-13-51-12-8-7-11-50(51)2)53(60)15-9-14-52(59)56-16-20-62-22-24-64-26-28-66-30-32-68-34-36-70-38-40-72-42-44-74-46-48-76-49-47-75-45-43-73-41-39-71-37-35-69-33-31-67-29-27-65-25-23-63-21-17-57-54(61)77-55(3,4)5/h1,7-8,10-13H,9,14-49H2,2-5H3,(H,56,59)(H,57,61)/b13-10+. The normalized spacial score (nSPS) is 11.6. The molecule has 444 valence electrons. The predicted molar refractivity (Wildman–Crippen MR) is 289 cm³/mol. The Kier molecular flexibility index (Phi) is 50.0. The lowest BCUT2D eigenvalue weighted by Crippen LogP contribution is -2.34. The van der Waals surface area contributed by atoms with E-state index in [1.165, 1.54) is 0 Å². The van der Waals surface area contributed by atoms with Gasteiger partial charge in [-0.2, -0.15) is 0 Å². The average Bonchev–Trinajstić information content (AvgIpc) is 3.40. The third kappa shape index (κ3) is 51.3.